The first kappa shape index (κ1) is 49.1. The van der Waals surface area contributed by atoms with Crippen LogP contribution < -0.4 is 0 Å². The number of hydrogen-bond donors (Lipinski definition) is 0. The van der Waals surface area contributed by atoms with Crippen molar-refractivity contribution in [3.8, 4) is 28.3 Å². The second-order valence-electron chi connectivity index (χ2n) is 24.2. The van der Waals surface area contributed by atoms with Gasteiger partial charge < -0.3 is 0 Å². The fourth-order valence-electron chi connectivity index (χ4n) is 13.2. The van der Waals surface area contributed by atoms with Crippen LogP contribution in [0.25, 0.3) is 159 Å². The zero-order chi connectivity index (χ0) is 56.1. The van der Waals surface area contributed by atoms with Crippen molar-refractivity contribution in [3.05, 3.63) is 211 Å². The Hall–Kier alpha value is -9.72. The molecule has 0 fully saturated rings. The summed E-state index contributed by atoms with van der Waals surface area (Å²) in [6.45, 7) is 18.0. The van der Waals surface area contributed by atoms with E-state index in [1.165, 1.54) is 59.6 Å². The molecule has 7 nitrogen and oxygen atoms in total. The quantitative estimate of drug-likeness (QED) is 0.148. The molecule has 16 rings (SSSR count). The second-order valence-corrected chi connectivity index (χ2v) is 24.2. The molecule has 0 saturated carbocycles. The van der Waals surface area contributed by atoms with Crippen molar-refractivity contribution in [3.63, 3.8) is 0 Å². The zero-order valence-corrected chi connectivity index (χ0v) is 47.8. The number of aromatic nitrogens is 7. The Bertz CT molecular complexity index is 5480. The van der Waals surface area contributed by atoms with Gasteiger partial charge in [-0.05, 0) is 128 Å². The highest BCUT2D eigenvalue weighted by Crippen LogP contribution is 2.50. The normalized spacial score (nSPS) is 12.5. The molecule has 7 heterocycles. The van der Waals surface area contributed by atoms with Crippen LogP contribution in [0.2, 0.25) is 0 Å². The minimum Gasteiger partial charge on any atom is -0.293 e. The van der Waals surface area contributed by atoms with E-state index in [1.807, 2.05) is 12.3 Å². The van der Waals surface area contributed by atoms with Crippen molar-refractivity contribution < 1.29 is 0 Å². The Morgan fingerprint density at radius 3 is 1.34 bits per heavy atom. The van der Waals surface area contributed by atoms with E-state index in [1.54, 1.807) is 0 Å². The standard InChI is InChI=1S/C76H59N7/c1-40(2)50-17-26-55-57(36-50)58-38-52(63-31-22-47-15-13-45-20-29-61(42(5)6)78-72(45)74(47)80-63)19-28-54(58)67-56-27-18-51(41(3)4)37-59(56)68-60-39-53(64-32-23-48-16-14-46-21-30-62(43(7)8)79-73(46)75(48)81-64)24-33-65(60)83(76(68)69(55)67)66-34-25-49-12-11-44-10-9-35-77-70(44)71(49)82-66/h9-43H,1-8H3. The van der Waals surface area contributed by atoms with Crippen molar-refractivity contribution in [2.24, 2.45) is 0 Å². The van der Waals surface area contributed by atoms with Crippen LogP contribution in [-0.4, -0.2) is 34.5 Å². The molecule has 0 saturated heterocycles. The van der Waals surface area contributed by atoms with Crippen molar-refractivity contribution in [1.82, 2.24) is 34.5 Å². The maximum atomic E-state index is 5.69. The number of rotatable bonds is 7. The van der Waals surface area contributed by atoms with Gasteiger partial charge in [-0.25, -0.2) is 15.0 Å². The van der Waals surface area contributed by atoms with Crippen molar-refractivity contribution in [2.45, 2.75) is 79.1 Å². The van der Waals surface area contributed by atoms with Gasteiger partial charge in [0.1, 0.15) is 5.82 Å². The highest BCUT2D eigenvalue weighted by molar-refractivity contribution is 6.42. The fourth-order valence-corrected chi connectivity index (χ4v) is 13.2. The Kier molecular flexibility index (Phi) is 10.9. The largest absolute Gasteiger partial charge is 0.293 e. The minimum absolute atomic E-state index is 0.294. The first-order valence-electron chi connectivity index (χ1n) is 29.4. The average molecular weight is 1070 g/mol. The first-order chi connectivity index (χ1) is 40.4. The lowest BCUT2D eigenvalue weighted by Crippen LogP contribution is -2.00. The van der Waals surface area contributed by atoms with E-state index in [0.717, 1.165) is 122 Å². The summed E-state index contributed by atoms with van der Waals surface area (Å²) in [6.07, 6.45) is 1.87. The maximum Gasteiger partial charge on any atom is 0.138 e. The molecule has 16 aromatic rings. The van der Waals surface area contributed by atoms with Crippen molar-refractivity contribution in [1.29, 1.82) is 0 Å². The lowest BCUT2D eigenvalue weighted by atomic mass is 9.85. The van der Waals surface area contributed by atoms with Crippen LogP contribution in [0.4, 0.5) is 0 Å². The van der Waals surface area contributed by atoms with E-state index in [2.05, 4.69) is 236 Å². The van der Waals surface area contributed by atoms with Crippen molar-refractivity contribution in [2.75, 3.05) is 0 Å². The molecule has 0 unspecified atom stereocenters. The Morgan fingerprint density at radius 1 is 0.313 bits per heavy atom. The SMILES string of the molecule is CC(C)c1ccc2c(c1)c1cc(-c3ccc4ccc5ccc(C(C)C)nc5c4n3)ccc1c1c3ccc(C(C)C)cc3c3c4cc(-c5ccc6ccc7ccc(C(C)C)nc7c6n5)ccc4n(-c4ccc5ccc6cccnc6c5n4)c3c21. The molecule has 0 bridgehead atoms. The lowest BCUT2D eigenvalue weighted by Gasteiger charge is -2.19. The molecule has 0 atom stereocenters. The van der Waals surface area contributed by atoms with Crippen LogP contribution in [0.15, 0.2) is 188 Å². The topological polar surface area (TPSA) is 82.3 Å². The molecule has 0 aliphatic carbocycles. The summed E-state index contributed by atoms with van der Waals surface area (Å²) in [4.78, 5) is 32.0. The van der Waals surface area contributed by atoms with Gasteiger partial charge in [0, 0.05) is 82.6 Å². The highest BCUT2D eigenvalue weighted by atomic mass is 15.1. The molecule has 0 N–H and O–H groups in total. The molecule has 0 radical (unpaired) electrons. The van der Waals surface area contributed by atoms with E-state index in [0.29, 0.717) is 23.7 Å². The number of pyridine rings is 6. The zero-order valence-electron chi connectivity index (χ0n) is 47.8. The van der Waals surface area contributed by atoms with Gasteiger partial charge in [-0.3, -0.25) is 19.5 Å². The Balaban J connectivity index is 1.05. The molecule has 7 heteroatoms. The van der Waals surface area contributed by atoms with E-state index < -0.39 is 0 Å². The minimum atomic E-state index is 0.294. The predicted octanol–water partition coefficient (Wildman–Crippen LogP) is 20.5. The van der Waals surface area contributed by atoms with Gasteiger partial charge in [0.25, 0.3) is 0 Å². The maximum absolute atomic E-state index is 5.69. The third-order valence-electron chi connectivity index (χ3n) is 17.8. The monoisotopic (exact) mass is 1070 g/mol. The smallest absolute Gasteiger partial charge is 0.138 e. The van der Waals surface area contributed by atoms with E-state index >= 15 is 0 Å². The molecule has 0 aliphatic heterocycles. The Morgan fingerprint density at radius 2 is 0.759 bits per heavy atom. The van der Waals surface area contributed by atoms with Crippen LogP contribution in [0.3, 0.4) is 0 Å². The second kappa shape index (κ2) is 18.4. The van der Waals surface area contributed by atoms with Gasteiger partial charge in [0.2, 0.25) is 0 Å². The summed E-state index contributed by atoms with van der Waals surface area (Å²) < 4.78 is 2.45. The molecule has 0 spiro atoms. The molecule has 398 valence electrons. The van der Waals surface area contributed by atoms with Crippen LogP contribution >= 0.6 is 0 Å². The highest BCUT2D eigenvalue weighted by Gasteiger charge is 2.26. The summed E-state index contributed by atoms with van der Waals surface area (Å²) in [6, 6.07) is 67.3. The van der Waals surface area contributed by atoms with E-state index in [4.69, 9.17) is 29.9 Å². The molecular weight excluding hydrogens is 1010 g/mol. The lowest BCUT2D eigenvalue weighted by molar-refractivity contribution is 0.830. The molecule has 0 aliphatic rings. The van der Waals surface area contributed by atoms with Gasteiger partial charge in [0.15, 0.2) is 0 Å². The fraction of sp³-hybridized carbons (Fsp3) is 0.158. The Labute approximate surface area is 480 Å². The number of benzene rings is 9. The molecule has 9 aromatic carbocycles. The van der Waals surface area contributed by atoms with E-state index in [-0.39, 0.29) is 0 Å². The first-order valence-corrected chi connectivity index (χ1v) is 29.4. The van der Waals surface area contributed by atoms with Crippen LogP contribution in [0, 0.1) is 0 Å². The summed E-state index contributed by atoms with van der Waals surface area (Å²) >= 11 is 0. The number of nitrogens with zero attached hydrogens (tertiary/aromatic N) is 7. The van der Waals surface area contributed by atoms with Gasteiger partial charge in [-0.2, -0.15) is 0 Å². The van der Waals surface area contributed by atoms with Crippen LogP contribution in [0.5, 0.6) is 0 Å². The third-order valence-corrected chi connectivity index (χ3v) is 17.8. The van der Waals surface area contributed by atoms with Crippen LogP contribution in [-0.2, 0) is 0 Å². The average Bonchev–Trinajstić information content (AvgIpc) is 1.84. The molecule has 7 aromatic heterocycles. The van der Waals surface area contributed by atoms with Crippen molar-refractivity contribution >= 4 is 130 Å². The number of hydrogen-bond acceptors (Lipinski definition) is 6. The van der Waals surface area contributed by atoms with Gasteiger partial charge in [-0.1, -0.05) is 177 Å². The number of fused-ring (bicyclic) bond motifs is 22. The van der Waals surface area contributed by atoms with Gasteiger partial charge >= 0.3 is 0 Å². The van der Waals surface area contributed by atoms with Gasteiger partial charge in [-0.15, -0.1) is 0 Å². The van der Waals surface area contributed by atoms with Gasteiger partial charge in [0.05, 0.1) is 55.5 Å². The molecule has 83 heavy (non-hydrogen) atoms. The summed E-state index contributed by atoms with van der Waals surface area (Å²) in [5.41, 5.74) is 16.3. The third kappa shape index (κ3) is 7.56. The van der Waals surface area contributed by atoms with Crippen LogP contribution in [0.1, 0.15) is 102 Å². The summed E-state index contributed by atoms with van der Waals surface area (Å²) in [5, 5.41) is 18.3. The predicted molar refractivity (Wildman–Crippen MR) is 350 cm³/mol. The van der Waals surface area contributed by atoms with E-state index in [9.17, 15) is 0 Å². The summed E-state index contributed by atoms with van der Waals surface area (Å²) in [7, 11) is 0. The summed E-state index contributed by atoms with van der Waals surface area (Å²) in [5.74, 6) is 2.03. The molecular formula is C76H59N7. The molecule has 0 amide bonds.